The molecule has 0 unspecified atom stereocenters. The average molecular weight is 214 g/mol. The van der Waals surface area contributed by atoms with E-state index in [9.17, 15) is 0 Å². The van der Waals surface area contributed by atoms with Crippen LogP contribution in [0.5, 0.6) is 0 Å². The molecule has 2 aromatic rings. The van der Waals surface area contributed by atoms with Gasteiger partial charge in [-0.2, -0.15) is 9.97 Å². The van der Waals surface area contributed by atoms with Crippen LogP contribution in [-0.4, -0.2) is 14.5 Å². The molecule has 80 valence electrons. The number of hydrogen-bond donors (Lipinski definition) is 3. The number of aromatic nitrogens is 3. The molecule has 1 aliphatic rings. The molecule has 1 aromatic heterocycles. The third-order valence-electron chi connectivity index (χ3n) is 2.54. The molecule has 0 aliphatic carbocycles. The third kappa shape index (κ3) is 1.23. The van der Waals surface area contributed by atoms with E-state index in [0.717, 1.165) is 11.3 Å². The maximum absolute atomic E-state index is 7.72. The number of nitrogen functional groups attached to an aromatic ring is 1. The summed E-state index contributed by atoms with van der Waals surface area (Å²) in [5, 5.41) is 10.9. The highest BCUT2D eigenvalue weighted by atomic mass is 15.3. The number of para-hydroxylation sites is 1. The van der Waals surface area contributed by atoms with Crippen molar-refractivity contribution in [1.29, 1.82) is 5.41 Å². The predicted molar refractivity (Wildman–Crippen MR) is 59.1 cm³/mol. The SMILES string of the molecule is N=c1nc(N)nc2n1Cc1ccccc1N2. The molecule has 6 heteroatoms. The van der Waals surface area contributed by atoms with Crippen molar-refractivity contribution in [2.45, 2.75) is 6.54 Å². The van der Waals surface area contributed by atoms with Gasteiger partial charge >= 0.3 is 0 Å². The maximum atomic E-state index is 7.72. The fourth-order valence-electron chi connectivity index (χ4n) is 1.78. The van der Waals surface area contributed by atoms with Gasteiger partial charge in [0.05, 0.1) is 6.54 Å². The molecule has 0 bridgehead atoms. The molecular weight excluding hydrogens is 204 g/mol. The Morgan fingerprint density at radius 2 is 2.12 bits per heavy atom. The van der Waals surface area contributed by atoms with E-state index in [2.05, 4.69) is 15.3 Å². The Balaban J connectivity index is 2.19. The lowest BCUT2D eigenvalue weighted by atomic mass is 10.1. The Morgan fingerprint density at radius 3 is 3.00 bits per heavy atom. The standard InChI is InChI=1S/C10H10N6/c11-8-14-9(12)16-5-6-3-1-2-4-7(6)13-10(16)15-8/h1-4H,5H2,(H4,11,12,13,14,15). The molecule has 16 heavy (non-hydrogen) atoms. The highest BCUT2D eigenvalue weighted by Crippen LogP contribution is 2.24. The molecule has 0 saturated carbocycles. The fourth-order valence-corrected chi connectivity index (χ4v) is 1.78. The molecule has 1 aromatic carbocycles. The molecule has 4 N–H and O–H groups in total. The minimum atomic E-state index is 0.114. The van der Waals surface area contributed by atoms with Gasteiger partial charge in [0.15, 0.2) is 0 Å². The Bertz CT molecular complexity index is 615. The van der Waals surface area contributed by atoms with E-state index in [4.69, 9.17) is 11.1 Å². The van der Waals surface area contributed by atoms with Gasteiger partial charge in [-0.1, -0.05) is 18.2 Å². The van der Waals surface area contributed by atoms with Crippen LogP contribution in [0.3, 0.4) is 0 Å². The molecule has 0 fully saturated rings. The number of nitrogens with one attached hydrogen (secondary N) is 2. The first-order valence-electron chi connectivity index (χ1n) is 4.88. The summed E-state index contributed by atoms with van der Waals surface area (Å²) in [6.07, 6.45) is 0. The lowest BCUT2D eigenvalue weighted by Gasteiger charge is -2.21. The lowest BCUT2D eigenvalue weighted by molar-refractivity contribution is 0.675. The highest BCUT2D eigenvalue weighted by Gasteiger charge is 2.15. The second-order valence-electron chi connectivity index (χ2n) is 3.60. The minimum Gasteiger partial charge on any atom is -0.368 e. The van der Waals surface area contributed by atoms with Gasteiger partial charge in [0.1, 0.15) is 0 Å². The molecule has 2 heterocycles. The van der Waals surface area contributed by atoms with Crippen molar-refractivity contribution in [2.75, 3.05) is 11.1 Å². The second-order valence-corrected chi connectivity index (χ2v) is 3.60. The van der Waals surface area contributed by atoms with E-state index in [-0.39, 0.29) is 11.6 Å². The number of benzene rings is 1. The molecule has 0 amide bonds. The maximum Gasteiger partial charge on any atom is 0.228 e. The summed E-state index contributed by atoms with van der Waals surface area (Å²) in [6.45, 7) is 0.595. The van der Waals surface area contributed by atoms with Crippen LogP contribution in [0.25, 0.3) is 0 Å². The molecule has 0 spiro atoms. The highest BCUT2D eigenvalue weighted by molar-refractivity contribution is 5.61. The van der Waals surface area contributed by atoms with Crippen LogP contribution >= 0.6 is 0 Å². The second kappa shape index (κ2) is 3.06. The van der Waals surface area contributed by atoms with E-state index < -0.39 is 0 Å². The van der Waals surface area contributed by atoms with Crippen LogP contribution < -0.4 is 16.7 Å². The average Bonchev–Trinajstić information content (AvgIpc) is 2.27. The molecule has 0 atom stereocenters. The summed E-state index contributed by atoms with van der Waals surface area (Å²) in [7, 11) is 0. The first kappa shape index (κ1) is 8.90. The van der Waals surface area contributed by atoms with Gasteiger partial charge < -0.3 is 11.1 Å². The topological polar surface area (TPSA) is 92.6 Å². The summed E-state index contributed by atoms with van der Waals surface area (Å²) in [4.78, 5) is 7.89. The molecular formula is C10H10N6. The zero-order valence-electron chi connectivity index (χ0n) is 8.44. The van der Waals surface area contributed by atoms with Gasteiger partial charge in [-0.05, 0) is 11.6 Å². The fraction of sp³-hybridized carbons (Fsp3) is 0.100. The Kier molecular flexibility index (Phi) is 1.70. The van der Waals surface area contributed by atoms with E-state index in [1.165, 1.54) is 0 Å². The van der Waals surface area contributed by atoms with Crippen LogP contribution in [-0.2, 0) is 6.54 Å². The normalized spacial score (nSPS) is 12.5. The number of nitrogens with two attached hydrogens (primary N) is 1. The van der Waals surface area contributed by atoms with Gasteiger partial charge in [0, 0.05) is 5.69 Å². The monoisotopic (exact) mass is 214 g/mol. The first-order valence-corrected chi connectivity index (χ1v) is 4.88. The number of nitrogens with zero attached hydrogens (tertiary/aromatic N) is 3. The van der Waals surface area contributed by atoms with E-state index in [0.29, 0.717) is 12.5 Å². The minimum absolute atomic E-state index is 0.114. The number of fused-ring (bicyclic) bond motifs is 2. The van der Waals surface area contributed by atoms with Crippen LogP contribution in [0.4, 0.5) is 17.6 Å². The molecule has 0 radical (unpaired) electrons. The van der Waals surface area contributed by atoms with E-state index >= 15 is 0 Å². The summed E-state index contributed by atoms with van der Waals surface area (Å²) in [5.74, 6) is 0.680. The van der Waals surface area contributed by atoms with E-state index in [1.807, 2.05) is 24.3 Å². The van der Waals surface area contributed by atoms with Crippen molar-refractivity contribution >= 4 is 17.6 Å². The van der Waals surface area contributed by atoms with Crippen molar-refractivity contribution in [2.24, 2.45) is 0 Å². The molecule has 3 rings (SSSR count). The van der Waals surface area contributed by atoms with Crippen molar-refractivity contribution in [3.05, 3.63) is 35.4 Å². The van der Waals surface area contributed by atoms with Gasteiger partial charge in [0.25, 0.3) is 0 Å². The van der Waals surface area contributed by atoms with Gasteiger partial charge in [-0.15, -0.1) is 0 Å². The molecule has 0 saturated heterocycles. The summed E-state index contributed by atoms with van der Waals surface area (Å²) < 4.78 is 1.68. The Morgan fingerprint density at radius 1 is 1.31 bits per heavy atom. The zero-order valence-corrected chi connectivity index (χ0v) is 8.44. The smallest absolute Gasteiger partial charge is 0.228 e. The number of rotatable bonds is 0. The van der Waals surface area contributed by atoms with Gasteiger partial charge in [-0.25, -0.2) is 0 Å². The van der Waals surface area contributed by atoms with Crippen LogP contribution in [0.2, 0.25) is 0 Å². The van der Waals surface area contributed by atoms with Crippen LogP contribution in [0.15, 0.2) is 24.3 Å². The van der Waals surface area contributed by atoms with E-state index in [1.54, 1.807) is 4.57 Å². The van der Waals surface area contributed by atoms with Crippen molar-refractivity contribution in [3.63, 3.8) is 0 Å². The predicted octanol–water partition coefficient (Wildman–Crippen LogP) is 0.445. The quantitative estimate of drug-likeness (QED) is 0.506. The Hall–Kier alpha value is -2.37. The zero-order chi connectivity index (χ0) is 11.1. The molecule has 1 aliphatic heterocycles. The third-order valence-corrected chi connectivity index (χ3v) is 2.54. The Labute approximate surface area is 91.3 Å². The van der Waals surface area contributed by atoms with Crippen molar-refractivity contribution < 1.29 is 0 Å². The van der Waals surface area contributed by atoms with Crippen LogP contribution in [0, 0.1) is 5.41 Å². The largest absolute Gasteiger partial charge is 0.368 e. The van der Waals surface area contributed by atoms with Crippen molar-refractivity contribution in [1.82, 2.24) is 14.5 Å². The lowest BCUT2D eigenvalue weighted by Crippen LogP contribution is -2.31. The number of anilines is 3. The van der Waals surface area contributed by atoms with Gasteiger partial charge in [0.2, 0.25) is 17.5 Å². The number of hydrogen-bond acceptors (Lipinski definition) is 5. The molecule has 6 nitrogen and oxygen atoms in total. The van der Waals surface area contributed by atoms with Gasteiger partial charge in [-0.3, -0.25) is 9.98 Å². The first-order chi connectivity index (χ1) is 7.74. The summed E-state index contributed by atoms with van der Waals surface area (Å²) in [6, 6.07) is 7.90. The summed E-state index contributed by atoms with van der Waals surface area (Å²) in [5.41, 5.74) is 7.74. The van der Waals surface area contributed by atoms with Crippen molar-refractivity contribution in [3.8, 4) is 0 Å². The van der Waals surface area contributed by atoms with Crippen LogP contribution in [0.1, 0.15) is 5.56 Å². The summed E-state index contributed by atoms with van der Waals surface area (Å²) >= 11 is 0.